The standard InChI is InChI=1S/C28H53N7O14/c1-34-6-13-11(37)3-9(31)24(45-13)47-21-8(30)2-10(35-27(42)28(43)4-15(28)32)17(38)23(21)49-26-20(41)22(14(7-36)46-26)48-25-16(33)19(40)18(39)12(5-29)44-25/h8-26,34,36-41,43H,2-7,29-33H2,1H3,(H,35,42)/t8-,9+,10+,11-,12-,13+,14+,15?,16+,17-,18+,19+,20+,21+,22+,23+,24+,25+,26-,28?/m0/s1. The van der Waals surface area contributed by atoms with E-state index in [0.717, 1.165) is 0 Å². The molecule has 5 fully saturated rings. The molecule has 1 amide bonds. The van der Waals surface area contributed by atoms with Crippen molar-refractivity contribution in [2.24, 2.45) is 28.7 Å². The number of carbonyl (C=O) groups excluding carboxylic acids is 1. The SMILES string of the molecule is CNC[C@H]1O[C@H](O[C@H]2[C@H](O[C@@H]3O[C@H](CO)[C@@H](O[C@H]4O[C@@H](CN)[C@@H](O)[C@H](O)[C@H]4N)[C@H]3O)[C@@H](O)[C@H](NC(=O)C3(O)CC3N)C[C@@H]2N)[C@H](N)C[C@@H]1O. The summed E-state index contributed by atoms with van der Waals surface area (Å²) in [6, 6.07) is -4.91. The molecule has 5 aliphatic rings. The molecule has 49 heavy (non-hydrogen) atoms. The average molecular weight is 712 g/mol. The second-order valence-corrected chi connectivity index (χ2v) is 13.6. The van der Waals surface area contributed by atoms with Crippen LogP contribution < -0.4 is 39.3 Å². The molecule has 284 valence electrons. The van der Waals surface area contributed by atoms with Gasteiger partial charge < -0.3 is 103 Å². The third-order valence-electron chi connectivity index (χ3n) is 10.0. The zero-order valence-electron chi connectivity index (χ0n) is 27.1. The van der Waals surface area contributed by atoms with E-state index in [-0.39, 0.29) is 32.4 Å². The van der Waals surface area contributed by atoms with Gasteiger partial charge in [-0.25, -0.2) is 0 Å². The van der Waals surface area contributed by atoms with E-state index in [9.17, 15) is 40.5 Å². The number of likely N-dealkylation sites (N-methyl/N-ethyl adjacent to an activating group) is 1. The number of hydrogen-bond donors (Lipinski definition) is 14. The first-order valence-corrected chi connectivity index (χ1v) is 16.5. The van der Waals surface area contributed by atoms with Gasteiger partial charge in [0, 0.05) is 31.6 Å². The summed E-state index contributed by atoms with van der Waals surface area (Å²) < 4.78 is 35.6. The molecule has 0 radical (unpaired) electrons. The Bertz CT molecular complexity index is 1120. The summed E-state index contributed by atoms with van der Waals surface area (Å²) in [5.74, 6) is -0.811. The monoisotopic (exact) mass is 711 g/mol. The molecule has 0 spiro atoms. The number of nitrogens with one attached hydrogen (secondary N) is 2. The van der Waals surface area contributed by atoms with Crippen LogP contribution in [0.3, 0.4) is 0 Å². The van der Waals surface area contributed by atoms with Crippen molar-refractivity contribution in [3.05, 3.63) is 0 Å². The molecule has 3 heterocycles. The summed E-state index contributed by atoms with van der Waals surface area (Å²) in [5.41, 5.74) is 28.4. The van der Waals surface area contributed by atoms with E-state index in [1.54, 1.807) is 7.05 Å². The van der Waals surface area contributed by atoms with Crippen molar-refractivity contribution in [1.82, 2.24) is 10.6 Å². The molecular formula is C28H53N7O14. The number of nitrogens with two attached hydrogens (primary N) is 5. The average Bonchev–Trinajstić information content (AvgIpc) is 3.58. The normalized spacial score (nSPS) is 51.8. The zero-order valence-corrected chi connectivity index (χ0v) is 27.1. The van der Waals surface area contributed by atoms with Crippen LogP contribution in [0.1, 0.15) is 19.3 Å². The minimum atomic E-state index is -1.81. The highest BCUT2D eigenvalue weighted by atomic mass is 16.8. The molecule has 0 aromatic carbocycles. The van der Waals surface area contributed by atoms with Crippen LogP contribution >= 0.6 is 0 Å². The number of rotatable bonds is 12. The predicted molar refractivity (Wildman–Crippen MR) is 163 cm³/mol. The molecular weight excluding hydrogens is 658 g/mol. The van der Waals surface area contributed by atoms with Crippen LogP contribution in [0.5, 0.6) is 0 Å². The van der Waals surface area contributed by atoms with E-state index in [1.165, 1.54) is 0 Å². The van der Waals surface area contributed by atoms with Crippen molar-refractivity contribution in [2.75, 3.05) is 26.7 Å². The van der Waals surface area contributed by atoms with E-state index in [4.69, 9.17) is 57.1 Å². The quantitative estimate of drug-likeness (QED) is 0.0893. The number of hydrogen-bond acceptors (Lipinski definition) is 20. The maximum absolute atomic E-state index is 12.9. The molecule has 3 saturated heterocycles. The van der Waals surface area contributed by atoms with Gasteiger partial charge in [0.25, 0.3) is 5.91 Å². The van der Waals surface area contributed by atoms with Crippen molar-refractivity contribution in [3.8, 4) is 0 Å². The van der Waals surface area contributed by atoms with Gasteiger partial charge in [-0.05, 0) is 19.9 Å². The number of aliphatic hydroxyl groups excluding tert-OH is 6. The fraction of sp³-hybridized carbons (Fsp3) is 0.964. The molecule has 21 heteroatoms. The molecule has 19 N–H and O–H groups in total. The predicted octanol–water partition coefficient (Wildman–Crippen LogP) is -8.99. The first kappa shape index (κ1) is 38.9. The van der Waals surface area contributed by atoms with Gasteiger partial charge in [0.15, 0.2) is 24.5 Å². The molecule has 2 unspecified atom stereocenters. The van der Waals surface area contributed by atoms with E-state index >= 15 is 0 Å². The molecule has 0 aromatic heterocycles. The second-order valence-electron chi connectivity index (χ2n) is 13.6. The summed E-state index contributed by atoms with van der Waals surface area (Å²) >= 11 is 0. The highest BCUT2D eigenvalue weighted by Crippen LogP contribution is 2.37. The summed E-state index contributed by atoms with van der Waals surface area (Å²) in [5, 5.41) is 80.1. The van der Waals surface area contributed by atoms with Gasteiger partial charge in [-0.15, -0.1) is 0 Å². The van der Waals surface area contributed by atoms with Crippen molar-refractivity contribution in [1.29, 1.82) is 0 Å². The number of amides is 1. The lowest BCUT2D eigenvalue weighted by Gasteiger charge is -2.47. The lowest BCUT2D eigenvalue weighted by atomic mass is 9.83. The number of carbonyl (C=O) groups is 1. The highest BCUT2D eigenvalue weighted by Gasteiger charge is 2.59. The molecule has 0 aromatic rings. The minimum Gasteiger partial charge on any atom is -0.394 e. The Balaban J connectivity index is 1.35. The van der Waals surface area contributed by atoms with E-state index in [2.05, 4.69) is 10.6 Å². The van der Waals surface area contributed by atoms with Crippen molar-refractivity contribution >= 4 is 5.91 Å². The Morgan fingerprint density at radius 3 is 2.02 bits per heavy atom. The fourth-order valence-electron chi connectivity index (χ4n) is 6.84. The maximum atomic E-state index is 12.9. The van der Waals surface area contributed by atoms with E-state index < -0.39 is 134 Å². The first-order valence-electron chi connectivity index (χ1n) is 16.5. The Hall–Kier alpha value is -1.29. The highest BCUT2D eigenvalue weighted by molar-refractivity contribution is 5.89. The minimum absolute atomic E-state index is 0.0261. The smallest absolute Gasteiger partial charge is 0.253 e. The van der Waals surface area contributed by atoms with Gasteiger partial charge in [0.05, 0.1) is 36.9 Å². The van der Waals surface area contributed by atoms with Gasteiger partial charge in [0.1, 0.15) is 54.9 Å². The van der Waals surface area contributed by atoms with Gasteiger partial charge >= 0.3 is 0 Å². The van der Waals surface area contributed by atoms with Crippen molar-refractivity contribution in [3.63, 3.8) is 0 Å². The summed E-state index contributed by atoms with van der Waals surface area (Å²) in [7, 11) is 1.68. The molecule has 2 saturated carbocycles. The van der Waals surface area contributed by atoms with Crippen LogP contribution in [0.2, 0.25) is 0 Å². The van der Waals surface area contributed by atoms with Crippen LogP contribution in [0.15, 0.2) is 0 Å². The Labute approximate surface area is 282 Å². The summed E-state index contributed by atoms with van der Waals surface area (Å²) in [6.45, 7) is -0.595. The fourth-order valence-corrected chi connectivity index (χ4v) is 6.84. The summed E-state index contributed by atoms with van der Waals surface area (Å²) in [4.78, 5) is 12.9. The number of ether oxygens (including phenoxy) is 6. The molecule has 20 atom stereocenters. The first-order chi connectivity index (χ1) is 23.1. The van der Waals surface area contributed by atoms with Crippen LogP contribution in [-0.2, 0) is 33.2 Å². The van der Waals surface area contributed by atoms with Crippen molar-refractivity contribution in [2.45, 2.75) is 141 Å². The molecule has 21 nitrogen and oxygen atoms in total. The van der Waals surface area contributed by atoms with Crippen LogP contribution in [0.4, 0.5) is 0 Å². The largest absolute Gasteiger partial charge is 0.394 e. The maximum Gasteiger partial charge on any atom is 0.253 e. The van der Waals surface area contributed by atoms with Gasteiger partial charge in [-0.3, -0.25) is 4.79 Å². The second kappa shape index (κ2) is 15.8. The Kier molecular flexibility index (Phi) is 12.5. The molecule has 0 bridgehead atoms. The van der Waals surface area contributed by atoms with Crippen LogP contribution in [0.25, 0.3) is 0 Å². The summed E-state index contributed by atoms with van der Waals surface area (Å²) in [6.07, 6.45) is -18.0. The lowest BCUT2D eigenvalue weighted by Crippen LogP contribution is -2.67. The van der Waals surface area contributed by atoms with E-state index in [1.807, 2.05) is 0 Å². The van der Waals surface area contributed by atoms with Crippen molar-refractivity contribution < 1.29 is 69.0 Å². The van der Waals surface area contributed by atoms with Crippen LogP contribution in [0, 0.1) is 0 Å². The van der Waals surface area contributed by atoms with Gasteiger partial charge in [-0.2, -0.15) is 0 Å². The van der Waals surface area contributed by atoms with Crippen LogP contribution in [-0.4, -0.2) is 190 Å². The lowest BCUT2D eigenvalue weighted by molar-refractivity contribution is -0.296. The third kappa shape index (κ3) is 7.90. The molecule has 3 aliphatic heterocycles. The third-order valence-corrected chi connectivity index (χ3v) is 10.0. The van der Waals surface area contributed by atoms with E-state index in [0.29, 0.717) is 0 Å². The molecule has 5 rings (SSSR count). The molecule has 2 aliphatic carbocycles. The number of aliphatic hydroxyl groups is 7. The zero-order chi connectivity index (χ0) is 35.9. The van der Waals surface area contributed by atoms with Gasteiger partial charge in [0.2, 0.25) is 0 Å². The van der Waals surface area contributed by atoms with Gasteiger partial charge in [-0.1, -0.05) is 0 Å². The topological polar surface area (TPSA) is 368 Å². The Morgan fingerprint density at radius 2 is 1.41 bits per heavy atom. The Morgan fingerprint density at radius 1 is 0.796 bits per heavy atom.